The van der Waals surface area contributed by atoms with Crippen LogP contribution in [0.3, 0.4) is 0 Å². The number of rotatable bonds is 4. The number of halogens is 1. The molecular weight excluding hydrogens is 480 g/mol. The Morgan fingerprint density at radius 1 is 1.19 bits per heavy atom. The van der Waals surface area contributed by atoms with Gasteiger partial charge in [-0.05, 0) is 48.4 Å². The second-order valence-corrected chi connectivity index (χ2v) is 8.83. The van der Waals surface area contributed by atoms with E-state index in [9.17, 15) is 9.59 Å². The lowest BCUT2D eigenvalue weighted by atomic mass is 9.96. The minimum atomic E-state index is -0.626. The fraction of sp³-hybridized carbons (Fsp3) is 0.174. The first kappa shape index (κ1) is 21.3. The van der Waals surface area contributed by atoms with Crippen molar-refractivity contribution in [3.05, 3.63) is 95.1 Å². The van der Waals surface area contributed by atoms with Crippen LogP contribution in [0.5, 0.6) is 5.75 Å². The van der Waals surface area contributed by atoms with Crippen LogP contribution in [0.15, 0.2) is 74.1 Å². The molecule has 1 aromatic heterocycles. The first-order chi connectivity index (χ1) is 14.9. The van der Waals surface area contributed by atoms with E-state index in [0.717, 1.165) is 21.3 Å². The highest BCUT2D eigenvalue weighted by molar-refractivity contribution is 9.10. The summed E-state index contributed by atoms with van der Waals surface area (Å²) >= 11 is 4.77. The molecule has 0 aliphatic carbocycles. The van der Waals surface area contributed by atoms with Crippen LogP contribution >= 0.6 is 27.3 Å². The number of allylic oxidation sites excluding steroid dienone is 1. The van der Waals surface area contributed by atoms with Crippen LogP contribution in [0.25, 0.3) is 6.08 Å². The Balaban J connectivity index is 1.94. The van der Waals surface area contributed by atoms with Crippen molar-refractivity contribution in [1.82, 2.24) is 4.57 Å². The number of hydrogen-bond acceptors (Lipinski definition) is 6. The Bertz CT molecular complexity index is 1370. The number of carbonyl (C=O) groups is 1. The molecule has 0 amide bonds. The van der Waals surface area contributed by atoms with Crippen molar-refractivity contribution in [3.8, 4) is 5.75 Å². The third kappa shape index (κ3) is 4.00. The Morgan fingerprint density at radius 3 is 2.58 bits per heavy atom. The fourth-order valence-corrected chi connectivity index (χ4v) is 5.00. The molecule has 8 heteroatoms. The first-order valence-electron chi connectivity index (χ1n) is 9.43. The molecule has 0 saturated carbocycles. The molecule has 0 spiro atoms. The SMILES string of the molecule is COC(=O)C1=C(C)N=c2sc(=Cc3ccc(OC)cc3)c(=O)n2C1c1cccc(Br)c1. The zero-order valence-corrected chi connectivity index (χ0v) is 19.5. The van der Waals surface area contributed by atoms with Crippen molar-refractivity contribution >= 4 is 39.3 Å². The van der Waals surface area contributed by atoms with Crippen LogP contribution < -0.4 is 19.6 Å². The number of thiazole rings is 1. The van der Waals surface area contributed by atoms with E-state index in [2.05, 4.69) is 20.9 Å². The summed E-state index contributed by atoms with van der Waals surface area (Å²) in [5.74, 6) is 0.238. The average molecular weight is 499 g/mol. The van der Waals surface area contributed by atoms with Gasteiger partial charge in [-0.25, -0.2) is 9.79 Å². The van der Waals surface area contributed by atoms with E-state index >= 15 is 0 Å². The molecule has 2 heterocycles. The van der Waals surface area contributed by atoms with Gasteiger partial charge in [-0.15, -0.1) is 0 Å². The summed E-state index contributed by atoms with van der Waals surface area (Å²) in [4.78, 5) is 31.2. The number of nitrogens with zero attached hydrogens (tertiary/aromatic N) is 2. The Kier molecular flexibility index (Phi) is 5.93. The van der Waals surface area contributed by atoms with Gasteiger partial charge >= 0.3 is 5.97 Å². The largest absolute Gasteiger partial charge is 0.497 e. The van der Waals surface area contributed by atoms with Crippen LogP contribution in [-0.4, -0.2) is 24.8 Å². The van der Waals surface area contributed by atoms with E-state index in [4.69, 9.17) is 9.47 Å². The van der Waals surface area contributed by atoms with Gasteiger partial charge in [0.25, 0.3) is 5.56 Å². The lowest BCUT2D eigenvalue weighted by molar-refractivity contribution is -0.136. The molecule has 31 heavy (non-hydrogen) atoms. The van der Waals surface area contributed by atoms with Gasteiger partial charge in [0, 0.05) is 4.47 Å². The molecule has 158 valence electrons. The maximum atomic E-state index is 13.4. The van der Waals surface area contributed by atoms with Gasteiger partial charge in [0.2, 0.25) is 0 Å². The van der Waals surface area contributed by atoms with Crippen molar-refractivity contribution < 1.29 is 14.3 Å². The van der Waals surface area contributed by atoms with E-state index in [1.54, 1.807) is 18.6 Å². The molecule has 0 radical (unpaired) electrons. The number of aromatic nitrogens is 1. The van der Waals surface area contributed by atoms with Crippen LogP contribution in [-0.2, 0) is 9.53 Å². The van der Waals surface area contributed by atoms with E-state index in [1.165, 1.54) is 18.4 Å². The lowest BCUT2D eigenvalue weighted by Crippen LogP contribution is -2.39. The normalized spacial score (nSPS) is 16.0. The smallest absolute Gasteiger partial charge is 0.338 e. The van der Waals surface area contributed by atoms with Gasteiger partial charge in [0.15, 0.2) is 4.80 Å². The number of methoxy groups -OCH3 is 2. The van der Waals surface area contributed by atoms with E-state index < -0.39 is 12.0 Å². The van der Waals surface area contributed by atoms with Crippen molar-refractivity contribution in [1.29, 1.82) is 0 Å². The number of carbonyl (C=O) groups excluding carboxylic acids is 1. The highest BCUT2D eigenvalue weighted by Gasteiger charge is 2.33. The zero-order valence-electron chi connectivity index (χ0n) is 17.1. The summed E-state index contributed by atoms with van der Waals surface area (Å²) in [6.45, 7) is 1.76. The molecule has 1 unspecified atom stereocenters. The van der Waals surface area contributed by atoms with Crippen LogP contribution in [0, 0.1) is 0 Å². The minimum absolute atomic E-state index is 0.210. The van der Waals surface area contributed by atoms with Crippen molar-refractivity contribution in [2.45, 2.75) is 13.0 Å². The molecule has 0 saturated heterocycles. The van der Waals surface area contributed by atoms with Gasteiger partial charge in [-0.1, -0.05) is 51.5 Å². The standard InChI is InChI=1S/C23H19BrN2O4S/c1-13-19(22(28)30-3)20(15-5-4-6-16(24)12-15)26-21(27)18(31-23(26)25-13)11-14-7-9-17(29-2)10-8-14/h4-12,20H,1-3H3. The van der Waals surface area contributed by atoms with E-state index in [-0.39, 0.29) is 5.56 Å². The summed E-state index contributed by atoms with van der Waals surface area (Å²) in [6.07, 6.45) is 1.82. The topological polar surface area (TPSA) is 69.9 Å². The summed E-state index contributed by atoms with van der Waals surface area (Å²) in [7, 11) is 2.94. The Hall–Kier alpha value is -2.97. The summed E-state index contributed by atoms with van der Waals surface area (Å²) in [5.41, 5.74) is 2.34. The summed E-state index contributed by atoms with van der Waals surface area (Å²) in [6, 6.07) is 14.4. The molecule has 0 fully saturated rings. The molecule has 0 bridgehead atoms. The summed E-state index contributed by atoms with van der Waals surface area (Å²) < 4.78 is 13.2. The first-order valence-corrected chi connectivity index (χ1v) is 11.0. The Morgan fingerprint density at radius 2 is 1.94 bits per heavy atom. The van der Waals surface area contributed by atoms with Crippen molar-refractivity contribution in [2.24, 2.45) is 4.99 Å². The van der Waals surface area contributed by atoms with Gasteiger partial charge in [-0.2, -0.15) is 0 Å². The predicted octanol–water partition coefficient (Wildman–Crippen LogP) is 3.18. The molecule has 2 aromatic carbocycles. The average Bonchev–Trinajstić information content (AvgIpc) is 3.07. The number of ether oxygens (including phenoxy) is 2. The second kappa shape index (κ2) is 8.64. The maximum Gasteiger partial charge on any atom is 0.338 e. The molecule has 6 nitrogen and oxygen atoms in total. The van der Waals surface area contributed by atoms with Gasteiger partial charge in [0.05, 0.1) is 36.1 Å². The number of hydrogen-bond donors (Lipinski definition) is 0. The fourth-order valence-electron chi connectivity index (χ4n) is 3.54. The second-order valence-electron chi connectivity index (χ2n) is 6.90. The highest BCUT2D eigenvalue weighted by Crippen LogP contribution is 2.31. The van der Waals surface area contributed by atoms with Gasteiger partial charge in [-0.3, -0.25) is 9.36 Å². The van der Waals surface area contributed by atoms with Crippen molar-refractivity contribution in [3.63, 3.8) is 0 Å². The number of benzene rings is 2. The maximum absolute atomic E-state index is 13.4. The monoisotopic (exact) mass is 498 g/mol. The van der Waals surface area contributed by atoms with Crippen LogP contribution in [0.2, 0.25) is 0 Å². The van der Waals surface area contributed by atoms with E-state index in [1.807, 2.05) is 54.6 Å². The predicted molar refractivity (Wildman–Crippen MR) is 123 cm³/mol. The molecule has 1 atom stereocenters. The third-order valence-corrected chi connectivity index (χ3v) is 6.48. The lowest BCUT2D eigenvalue weighted by Gasteiger charge is -2.24. The molecular formula is C23H19BrN2O4S. The highest BCUT2D eigenvalue weighted by atomic mass is 79.9. The van der Waals surface area contributed by atoms with Crippen LogP contribution in [0.4, 0.5) is 0 Å². The Labute approximate surface area is 190 Å². The van der Waals surface area contributed by atoms with Crippen LogP contribution in [0.1, 0.15) is 24.1 Å². The number of esters is 1. The van der Waals surface area contributed by atoms with Gasteiger partial charge < -0.3 is 9.47 Å². The summed E-state index contributed by atoms with van der Waals surface area (Å²) in [5, 5.41) is 0. The number of fused-ring (bicyclic) bond motifs is 1. The third-order valence-electron chi connectivity index (χ3n) is 5.00. The molecule has 4 rings (SSSR count). The zero-order chi connectivity index (χ0) is 22.1. The van der Waals surface area contributed by atoms with Gasteiger partial charge in [0.1, 0.15) is 5.75 Å². The molecule has 1 aliphatic heterocycles. The quantitative estimate of drug-likeness (QED) is 0.518. The molecule has 3 aromatic rings. The molecule has 1 aliphatic rings. The van der Waals surface area contributed by atoms with Crippen molar-refractivity contribution in [2.75, 3.05) is 14.2 Å². The van der Waals surface area contributed by atoms with E-state index in [0.29, 0.717) is 20.6 Å². The molecule has 0 N–H and O–H groups in total. The minimum Gasteiger partial charge on any atom is -0.497 e.